The first-order valence-corrected chi connectivity index (χ1v) is 7.87. The van der Waals surface area contributed by atoms with Crippen LogP contribution in [-0.4, -0.2) is 29.8 Å². The van der Waals surface area contributed by atoms with Gasteiger partial charge in [0.25, 0.3) is 0 Å². The number of amides is 2. The molecule has 1 aromatic rings. The smallest absolute Gasteiger partial charge is 0.250 e. The van der Waals surface area contributed by atoms with Crippen molar-refractivity contribution in [1.29, 1.82) is 0 Å². The van der Waals surface area contributed by atoms with E-state index in [0.29, 0.717) is 5.92 Å². The number of benzene rings is 1. The normalized spacial score (nSPS) is 24.0. The van der Waals surface area contributed by atoms with Crippen LogP contribution in [0.1, 0.15) is 43.7 Å². The summed E-state index contributed by atoms with van der Waals surface area (Å²) in [4.78, 5) is 26.4. The fraction of sp³-hybridized carbons (Fsp3) is 0.529. The monoisotopic (exact) mass is 286 g/mol. The summed E-state index contributed by atoms with van der Waals surface area (Å²) >= 11 is 0. The zero-order valence-corrected chi connectivity index (χ0v) is 12.3. The van der Waals surface area contributed by atoms with Gasteiger partial charge >= 0.3 is 0 Å². The molecule has 1 aliphatic carbocycles. The van der Waals surface area contributed by atoms with Crippen molar-refractivity contribution in [3.8, 4) is 0 Å². The number of hydrogen-bond donors (Lipinski definition) is 1. The third-order valence-electron chi connectivity index (χ3n) is 4.53. The van der Waals surface area contributed by atoms with Crippen molar-refractivity contribution < 1.29 is 9.59 Å². The van der Waals surface area contributed by atoms with Crippen LogP contribution in [0.4, 0.5) is 0 Å². The zero-order chi connectivity index (χ0) is 14.7. The molecular weight excluding hydrogens is 264 g/mol. The molecule has 0 bridgehead atoms. The van der Waals surface area contributed by atoms with Crippen molar-refractivity contribution >= 4 is 11.8 Å². The van der Waals surface area contributed by atoms with Crippen molar-refractivity contribution in [3.63, 3.8) is 0 Å². The predicted octanol–water partition coefficient (Wildman–Crippen LogP) is 2.27. The van der Waals surface area contributed by atoms with Crippen LogP contribution in [0.15, 0.2) is 30.3 Å². The number of nitrogens with zero attached hydrogens (tertiary/aromatic N) is 1. The van der Waals surface area contributed by atoms with Crippen LogP contribution in [0.2, 0.25) is 0 Å². The Labute approximate surface area is 125 Å². The van der Waals surface area contributed by atoms with E-state index >= 15 is 0 Å². The summed E-state index contributed by atoms with van der Waals surface area (Å²) in [6.07, 6.45) is 6.17. The quantitative estimate of drug-likeness (QED) is 0.926. The first-order chi connectivity index (χ1) is 10.2. The van der Waals surface area contributed by atoms with Gasteiger partial charge in [0.05, 0.1) is 6.54 Å². The Morgan fingerprint density at radius 3 is 2.48 bits per heavy atom. The second-order valence-corrected chi connectivity index (χ2v) is 6.13. The first kappa shape index (κ1) is 14.1. The average molecular weight is 286 g/mol. The number of piperazine rings is 1. The van der Waals surface area contributed by atoms with Crippen molar-refractivity contribution in [2.75, 3.05) is 13.1 Å². The minimum atomic E-state index is -0.518. The van der Waals surface area contributed by atoms with E-state index in [9.17, 15) is 9.59 Å². The minimum Gasteiger partial charge on any atom is -0.339 e. The second-order valence-electron chi connectivity index (χ2n) is 6.13. The highest BCUT2D eigenvalue weighted by molar-refractivity contribution is 5.95. The molecule has 3 rings (SSSR count). The van der Waals surface area contributed by atoms with Crippen LogP contribution in [0.25, 0.3) is 0 Å². The summed E-state index contributed by atoms with van der Waals surface area (Å²) in [5, 5.41) is 2.82. The lowest BCUT2D eigenvalue weighted by atomic mass is 9.88. The maximum atomic E-state index is 12.7. The molecule has 1 aromatic carbocycles. The molecule has 1 aliphatic heterocycles. The van der Waals surface area contributed by atoms with Crippen LogP contribution in [0.5, 0.6) is 0 Å². The first-order valence-electron chi connectivity index (χ1n) is 7.87. The van der Waals surface area contributed by atoms with Gasteiger partial charge in [0, 0.05) is 6.54 Å². The zero-order valence-electron chi connectivity index (χ0n) is 12.3. The number of carbonyl (C=O) groups is 2. The number of carbonyl (C=O) groups excluding carboxylic acids is 2. The fourth-order valence-corrected chi connectivity index (χ4v) is 3.41. The lowest BCUT2D eigenvalue weighted by Gasteiger charge is -2.35. The lowest BCUT2D eigenvalue weighted by Crippen LogP contribution is -2.54. The van der Waals surface area contributed by atoms with Gasteiger partial charge in [-0.25, -0.2) is 0 Å². The molecule has 4 nitrogen and oxygen atoms in total. The molecule has 1 heterocycles. The summed E-state index contributed by atoms with van der Waals surface area (Å²) in [7, 11) is 0. The fourth-order valence-electron chi connectivity index (χ4n) is 3.41. The Bertz CT molecular complexity index is 509. The van der Waals surface area contributed by atoms with E-state index in [4.69, 9.17) is 0 Å². The maximum Gasteiger partial charge on any atom is 0.250 e. The highest BCUT2D eigenvalue weighted by Gasteiger charge is 2.34. The van der Waals surface area contributed by atoms with Gasteiger partial charge < -0.3 is 10.2 Å². The summed E-state index contributed by atoms with van der Waals surface area (Å²) < 4.78 is 0. The largest absolute Gasteiger partial charge is 0.339 e. The molecule has 4 heteroatoms. The third-order valence-corrected chi connectivity index (χ3v) is 4.53. The highest BCUT2D eigenvalue weighted by atomic mass is 16.2. The van der Waals surface area contributed by atoms with Crippen LogP contribution in [-0.2, 0) is 9.59 Å². The van der Waals surface area contributed by atoms with E-state index in [1.165, 1.54) is 32.1 Å². The van der Waals surface area contributed by atoms with Gasteiger partial charge in [0.15, 0.2) is 0 Å². The van der Waals surface area contributed by atoms with Gasteiger partial charge in [-0.05, 0) is 24.3 Å². The molecule has 21 heavy (non-hydrogen) atoms. The number of hydrogen-bond acceptors (Lipinski definition) is 2. The molecule has 0 radical (unpaired) electrons. The van der Waals surface area contributed by atoms with Crippen LogP contribution in [0, 0.1) is 5.92 Å². The molecule has 1 saturated carbocycles. The van der Waals surface area contributed by atoms with Gasteiger partial charge in [-0.1, -0.05) is 49.6 Å². The summed E-state index contributed by atoms with van der Waals surface area (Å²) in [6, 6.07) is 8.98. The van der Waals surface area contributed by atoms with Crippen molar-refractivity contribution in [2.24, 2.45) is 5.92 Å². The minimum absolute atomic E-state index is 0.0337. The van der Waals surface area contributed by atoms with Gasteiger partial charge in [0.1, 0.15) is 6.04 Å². The van der Waals surface area contributed by atoms with Gasteiger partial charge in [-0.15, -0.1) is 0 Å². The van der Waals surface area contributed by atoms with Gasteiger partial charge in [0.2, 0.25) is 11.8 Å². The average Bonchev–Trinajstić information content (AvgIpc) is 2.52. The lowest BCUT2D eigenvalue weighted by molar-refractivity contribution is -0.145. The van der Waals surface area contributed by atoms with E-state index in [-0.39, 0.29) is 18.4 Å². The van der Waals surface area contributed by atoms with E-state index in [0.717, 1.165) is 12.1 Å². The Hall–Kier alpha value is -1.84. The number of nitrogens with one attached hydrogen (secondary N) is 1. The Morgan fingerprint density at radius 1 is 1.05 bits per heavy atom. The molecule has 0 aromatic heterocycles. The van der Waals surface area contributed by atoms with Crippen LogP contribution in [0.3, 0.4) is 0 Å². The molecule has 112 valence electrons. The van der Waals surface area contributed by atoms with E-state index in [1.807, 2.05) is 30.3 Å². The standard InChI is InChI=1S/C17H22N2O2/c20-15-12-19(11-13-7-3-1-4-8-13)17(21)16(18-15)14-9-5-2-6-10-14/h2,5-6,9-10,13,16H,1,3-4,7-8,11-12H2,(H,18,20). The Kier molecular flexibility index (Phi) is 4.23. The van der Waals surface area contributed by atoms with Crippen molar-refractivity contribution in [2.45, 2.75) is 38.1 Å². The van der Waals surface area contributed by atoms with Gasteiger partial charge in [-0.3, -0.25) is 9.59 Å². The summed E-state index contributed by atoms with van der Waals surface area (Å²) in [5.74, 6) is 0.538. The van der Waals surface area contributed by atoms with Crippen molar-refractivity contribution in [3.05, 3.63) is 35.9 Å². The highest BCUT2D eigenvalue weighted by Crippen LogP contribution is 2.26. The summed E-state index contributed by atoms with van der Waals surface area (Å²) in [6.45, 7) is 0.939. The van der Waals surface area contributed by atoms with Crippen LogP contribution < -0.4 is 5.32 Å². The molecular formula is C17H22N2O2. The topological polar surface area (TPSA) is 49.4 Å². The predicted molar refractivity (Wildman–Crippen MR) is 80.5 cm³/mol. The molecule has 1 unspecified atom stereocenters. The molecule has 1 saturated heterocycles. The van der Waals surface area contributed by atoms with E-state index in [1.54, 1.807) is 4.90 Å². The van der Waals surface area contributed by atoms with Gasteiger partial charge in [-0.2, -0.15) is 0 Å². The SMILES string of the molecule is O=C1CN(CC2CCCCC2)C(=O)C(c2ccccc2)N1. The Balaban J connectivity index is 1.72. The molecule has 0 spiro atoms. The van der Waals surface area contributed by atoms with E-state index < -0.39 is 6.04 Å². The molecule has 1 atom stereocenters. The molecule has 2 amide bonds. The third kappa shape index (κ3) is 3.26. The maximum absolute atomic E-state index is 12.7. The summed E-state index contributed by atoms with van der Waals surface area (Å²) in [5.41, 5.74) is 0.865. The molecule has 1 N–H and O–H groups in total. The molecule has 2 aliphatic rings. The van der Waals surface area contributed by atoms with Crippen molar-refractivity contribution in [1.82, 2.24) is 10.2 Å². The Morgan fingerprint density at radius 2 is 1.76 bits per heavy atom. The van der Waals surface area contributed by atoms with Crippen LogP contribution >= 0.6 is 0 Å². The second kappa shape index (κ2) is 6.29. The van der Waals surface area contributed by atoms with E-state index in [2.05, 4.69) is 5.32 Å². The number of rotatable bonds is 3. The molecule has 2 fully saturated rings.